The number of halogens is 2. The molecule has 0 radical (unpaired) electrons. The number of carbonyl (C=O) groups is 1. The van der Waals surface area contributed by atoms with E-state index in [2.05, 4.69) is 33.9 Å². The Balaban J connectivity index is 2.81. The van der Waals surface area contributed by atoms with E-state index in [0.717, 1.165) is 0 Å². The molecule has 0 aromatic rings. The van der Waals surface area contributed by atoms with E-state index in [1.54, 1.807) is 20.8 Å². The Labute approximate surface area is 164 Å². The zero-order valence-corrected chi connectivity index (χ0v) is 19.5. The van der Waals surface area contributed by atoms with E-state index in [-0.39, 0.29) is 23.6 Å². The molecule has 0 saturated carbocycles. The predicted molar refractivity (Wildman–Crippen MR) is 108 cm³/mol. The first kappa shape index (κ1) is 24.1. The number of hydrogen-bond acceptors (Lipinski definition) is 3. The minimum absolute atomic E-state index is 0.0219. The fraction of sp³-hybridized carbons (Fsp3) is 0.850. The molecule has 1 amide bonds. The molecule has 1 heterocycles. The molecule has 4 nitrogen and oxygen atoms in total. The summed E-state index contributed by atoms with van der Waals surface area (Å²) in [5.41, 5.74) is -1.32. The highest BCUT2D eigenvalue weighted by Crippen LogP contribution is 2.40. The average molecular weight is 406 g/mol. The van der Waals surface area contributed by atoms with Crippen molar-refractivity contribution in [3.05, 3.63) is 11.7 Å². The van der Waals surface area contributed by atoms with Gasteiger partial charge in [0.05, 0.1) is 6.54 Å². The van der Waals surface area contributed by atoms with Crippen LogP contribution in [0.5, 0.6) is 0 Å². The average Bonchev–Trinajstić information content (AvgIpc) is 2.79. The lowest BCUT2D eigenvalue weighted by molar-refractivity contribution is 0.00860. The van der Waals surface area contributed by atoms with Crippen molar-refractivity contribution in [3.8, 4) is 0 Å². The zero-order chi connectivity index (χ0) is 21.3. The van der Waals surface area contributed by atoms with Crippen molar-refractivity contribution in [1.29, 1.82) is 0 Å². The molecule has 1 aliphatic heterocycles. The van der Waals surface area contributed by atoms with Crippen LogP contribution in [0, 0.1) is 0 Å². The minimum Gasteiger partial charge on any atom is -0.444 e. The van der Waals surface area contributed by atoms with E-state index in [9.17, 15) is 13.6 Å². The van der Waals surface area contributed by atoms with Crippen molar-refractivity contribution in [3.63, 3.8) is 0 Å². The first-order valence-corrected chi connectivity index (χ1v) is 12.6. The summed E-state index contributed by atoms with van der Waals surface area (Å²) < 4.78 is 38.1. The highest BCUT2D eigenvalue weighted by Gasteiger charge is 2.45. The lowest BCUT2D eigenvalue weighted by atomic mass is 9.92. The van der Waals surface area contributed by atoms with E-state index in [1.807, 2.05) is 6.92 Å². The maximum atomic E-state index is 13.2. The number of ether oxygens (including phenoxy) is 1. The van der Waals surface area contributed by atoms with Crippen molar-refractivity contribution in [1.82, 2.24) is 4.90 Å². The molecule has 158 valence electrons. The second-order valence-electron chi connectivity index (χ2n) is 10.3. The summed E-state index contributed by atoms with van der Waals surface area (Å²) in [6, 6.07) is 0. The quantitative estimate of drug-likeness (QED) is 0.396. The lowest BCUT2D eigenvalue weighted by Gasteiger charge is -2.38. The summed E-state index contributed by atoms with van der Waals surface area (Å²) in [7, 11) is -1.84. The second kappa shape index (κ2) is 8.19. The zero-order valence-electron chi connectivity index (χ0n) is 18.5. The van der Waals surface area contributed by atoms with Crippen LogP contribution in [0.15, 0.2) is 11.7 Å². The molecule has 1 fully saturated rings. The Morgan fingerprint density at radius 3 is 2.19 bits per heavy atom. The van der Waals surface area contributed by atoms with Gasteiger partial charge >= 0.3 is 6.09 Å². The lowest BCUT2D eigenvalue weighted by Crippen LogP contribution is -2.47. The van der Waals surface area contributed by atoms with E-state index in [1.165, 1.54) is 4.90 Å². The maximum Gasteiger partial charge on any atom is 0.411 e. The first-order chi connectivity index (χ1) is 12.0. The summed E-state index contributed by atoms with van der Waals surface area (Å²) in [6.45, 7) is 18.6. The normalized spacial score (nSPS) is 21.6. The molecule has 1 unspecified atom stereocenters. The molecule has 27 heavy (non-hydrogen) atoms. The van der Waals surface area contributed by atoms with Crippen LogP contribution in [-0.2, 0) is 9.16 Å². The van der Waals surface area contributed by atoms with Gasteiger partial charge < -0.3 is 9.16 Å². The molecule has 0 aliphatic carbocycles. The SMILES string of the molecule is CC(C)(C)OC(=O)N1CC(=C(F)F)CC1(C)CCCO[Si](C)(C)C(C)(C)C. The van der Waals surface area contributed by atoms with Crippen molar-refractivity contribution in [2.24, 2.45) is 0 Å². The van der Waals surface area contributed by atoms with Crippen molar-refractivity contribution in [2.75, 3.05) is 13.2 Å². The number of carbonyl (C=O) groups excluding carboxylic acids is 1. The minimum atomic E-state index is -1.84. The van der Waals surface area contributed by atoms with Crippen LogP contribution in [0.2, 0.25) is 18.1 Å². The van der Waals surface area contributed by atoms with E-state index < -0.39 is 31.6 Å². The van der Waals surface area contributed by atoms with E-state index in [0.29, 0.717) is 19.4 Å². The molecule has 1 saturated heterocycles. The molecule has 0 aromatic carbocycles. The van der Waals surface area contributed by atoms with Crippen LogP contribution < -0.4 is 0 Å². The standard InChI is InChI=1S/C20H37F2NO3Si/c1-18(2,3)26-17(24)23-14-15(16(21)22)13-20(23,7)11-10-12-25-27(8,9)19(4,5)6/h10-14H2,1-9H3. The topological polar surface area (TPSA) is 38.8 Å². The Hall–Kier alpha value is -0.953. The van der Waals surface area contributed by atoms with Gasteiger partial charge in [-0.15, -0.1) is 0 Å². The molecule has 0 bridgehead atoms. The summed E-state index contributed by atoms with van der Waals surface area (Å²) in [6.07, 6.45) is -0.744. The van der Waals surface area contributed by atoms with E-state index >= 15 is 0 Å². The van der Waals surface area contributed by atoms with Gasteiger partial charge in [-0.1, -0.05) is 20.8 Å². The molecular formula is C20H37F2NO3Si. The van der Waals surface area contributed by atoms with Gasteiger partial charge in [-0.3, -0.25) is 4.90 Å². The van der Waals surface area contributed by atoms with Gasteiger partial charge in [0, 0.05) is 17.7 Å². The summed E-state index contributed by atoms with van der Waals surface area (Å²) in [5, 5.41) is 0.125. The number of rotatable bonds is 5. The van der Waals surface area contributed by atoms with Crippen LogP contribution in [0.1, 0.15) is 67.7 Å². The molecule has 1 atom stereocenters. The molecule has 0 spiro atoms. The summed E-state index contributed by atoms with van der Waals surface area (Å²) in [4.78, 5) is 14.0. The second-order valence-corrected chi connectivity index (χ2v) is 15.1. The highest BCUT2D eigenvalue weighted by molar-refractivity contribution is 6.74. The Kier molecular flexibility index (Phi) is 7.31. The van der Waals surface area contributed by atoms with E-state index in [4.69, 9.17) is 9.16 Å². The number of amides is 1. The predicted octanol–water partition coefficient (Wildman–Crippen LogP) is 6.34. The summed E-state index contributed by atoms with van der Waals surface area (Å²) >= 11 is 0. The van der Waals surface area contributed by atoms with Crippen molar-refractivity contribution < 1.29 is 22.7 Å². The molecule has 0 N–H and O–H groups in total. The van der Waals surface area contributed by atoms with Gasteiger partial charge in [-0.25, -0.2) is 4.79 Å². The maximum absolute atomic E-state index is 13.2. The molecule has 0 aromatic heterocycles. The molecule has 1 aliphatic rings. The Bertz CT molecular complexity index is 575. The van der Waals surface area contributed by atoms with Gasteiger partial charge in [0.1, 0.15) is 5.60 Å². The molecule has 7 heteroatoms. The van der Waals surface area contributed by atoms with Crippen LogP contribution in [0.3, 0.4) is 0 Å². The van der Waals surface area contributed by atoms with Crippen LogP contribution in [0.4, 0.5) is 13.6 Å². The monoisotopic (exact) mass is 405 g/mol. The Morgan fingerprint density at radius 2 is 1.74 bits per heavy atom. The third kappa shape index (κ3) is 6.56. The van der Waals surface area contributed by atoms with Gasteiger partial charge in [-0.2, -0.15) is 8.78 Å². The number of hydrogen-bond donors (Lipinski definition) is 0. The number of nitrogens with zero attached hydrogens (tertiary/aromatic N) is 1. The van der Waals surface area contributed by atoms with Gasteiger partial charge in [0.2, 0.25) is 0 Å². The molecule has 1 rings (SSSR count). The third-order valence-corrected chi connectivity index (χ3v) is 10.1. The fourth-order valence-electron chi connectivity index (χ4n) is 2.94. The van der Waals surface area contributed by atoms with Crippen molar-refractivity contribution in [2.45, 2.75) is 97.0 Å². The third-order valence-electron chi connectivity index (χ3n) is 5.60. The largest absolute Gasteiger partial charge is 0.444 e. The van der Waals surface area contributed by atoms with Crippen molar-refractivity contribution >= 4 is 14.4 Å². The van der Waals surface area contributed by atoms with Gasteiger partial charge in [-0.05, 0) is 65.1 Å². The van der Waals surface area contributed by atoms with Crippen LogP contribution in [0.25, 0.3) is 0 Å². The first-order valence-electron chi connectivity index (χ1n) is 9.66. The van der Waals surface area contributed by atoms with Gasteiger partial charge in [0.25, 0.3) is 6.08 Å². The fourth-order valence-corrected chi connectivity index (χ4v) is 4.03. The van der Waals surface area contributed by atoms with Crippen LogP contribution in [-0.4, -0.2) is 43.6 Å². The summed E-state index contributed by atoms with van der Waals surface area (Å²) in [5.74, 6) is 0. The van der Waals surface area contributed by atoms with Crippen LogP contribution >= 0.6 is 0 Å². The van der Waals surface area contributed by atoms with Gasteiger partial charge in [0.15, 0.2) is 8.32 Å². The Morgan fingerprint density at radius 1 is 1.19 bits per heavy atom. The highest BCUT2D eigenvalue weighted by atomic mass is 28.4. The number of likely N-dealkylation sites (tertiary alicyclic amines) is 1. The smallest absolute Gasteiger partial charge is 0.411 e. The molecular weight excluding hydrogens is 368 g/mol.